The maximum Gasteiger partial charge on any atom is 0.390 e. The van der Waals surface area contributed by atoms with Gasteiger partial charge < -0.3 is 14.6 Å². The lowest BCUT2D eigenvalue weighted by Crippen LogP contribution is -2.39. The van der Waals surface area contributed by atoms with Crippen LogP contribution in [0.2, 0.25) is 0 Å². The SMILES string of the molecule is CN(CCC(F)(F)F)C(=O)CNC(=O)c1ccc(Br)o1. The molecule has 2 amide bonds. The molecule has 0 unspecified atom stereocenters. The van der Waals surface area contributed by atoms with E-state index in [9.17, 15) is 22.8 Å². The molecule has 1 N–H and O–H groups in total. The number of rotatable bonds is 5. The molecule has 1 aromatic rings. The zero-order chi connectivity index (χ0) is 15.3. The fraction of sp³-hybridized carbons (Fsp3) is 0.455. The van der Waals surface area contributed by atoms with Gasteiger partial charge in [0, 0.05) is 13.6 Å². The van der Waals surface area contributed by atoms with Gasteiger partial charge in [-0.1, -0.05) is 0 Å². The molecule has 1 heterocycles. The van der Waals surface area contributed by atoms with Crippen LogP contribution in [0.3, 0.4) is 0 Å². The van der Waals surface area contributed by atoms with E-state index < -0.39 is 37.5 Å². The van der Waals surface area contributed by atoms with Crippen molar-refractivity contribution in [2.24, 2.45) is 0 Å². The van der Waals surface area contributed by atoms with Crippen molar-refractivity contribution >= 4 is 27.7 Å². The Bertz CT molecular complexity index is 488. The van der Waals surface area contributed by atoms with Gasteiger partial charge >= 0.3 is 6.18 Å². The highest BCUT2D eigenvalue weighted by Gasteiger charge is 2.28. The summed E-state index contributed by atoms with van der Waals surface area (Å²) in [4.78, 5) is 23.9. The van der Waals surface area contributed by atoms with Crippen LogP contribution in [-0.4, -0.2) is 43.0 Å². The molecular weight excluding hydrogens is 345 g/mol. The lowest BCUT2D eigenvalue weighted by Gasteiger charge is -2.18. The van der Waals surface area contributed by atoms with Crippen molar-refractivity contribution < 1.29 is 27.2 Å². The molecule has 0 aromatic carbocycles. The van der Waals surface area contributed by atoms with Crippen LogP contribution in [0, 0.1) is 0 Å². The highest BCUT2D eigenvalue weighted by Crippen LogP contribution is 2.19. The maximum atomic E-state index is 12.0. The second-order valence-electron chi connectivity index (χ2n) is 3.97. The third kappa shape index (κ3) is 5.64. The van der Waals surface area contributed by atoms with Gasteiger partial charge in [-0.15, -0.1) is 0 Å². The molecular formula is C11H12BrF3N2O3. The Morgan fingerprint density at radius 1 is 1.40 bits per heavy atom. The van der Waals surface area contributed by atoms with Crippen molar-refractivity contribution in [3.8, 4) is 0 Å². The predicted molar refractivity (Wildman–Crippen MR) is 67.1 cm³/mol. The van der Waals surface area contributed by atoms with Crippen LogP contribution < -0.4 is 5.32 Å². The third-order valence-corrected chi connectivity index (χ3v) is 2.78. The average molecular weight is 357 g/mol. The van der Waals surface area contributed by atoms with Crippen LogP contribution in [0.5, 0.6) is 0 Å². The van der Waals surface area contributed by atoms with Gasteiger partial charge in [0.25, 0.3) is 5.91 Å². The number of halogens is 4. The summed E-state index contributed by atoms with van der Waals surface area (Å²) in [7, 11) is 1.24. The summed E-state index contributed by atoms with van der Waals surface area (Å²) in [5.41, 5.74) is 0. The Hall–Kier alpha value is -1.51. The van der Waals surface area contributed by atoms with Gasteiger partial charge in [-0.3, -0.25) is 9.59 Å². The van der Waals surface area contributed by atoms with Gasteiger partial charge in [0.15, 0.2) is 10.4 Å². The first kappa shape index (κ1) is 16.5. The van der Waals surface area contributed by atoms with Crippen molar-refractivity contribution in [1.29, 1.82) is 0 Å². The quantitative estimate of drug-likeness (QED) is 0.879. The molecule has 0 saturated heterocycles. The van der Waals surface area contributed by atoms with Crippen LogP contribution in [0.1, 0.15) is 17.0 Å². The number of furan rings is 1. The number of carbonyl (C=O) groups excluding carboxylic acids is 2. The van der Waals surface area contributed by atoms with E-state index in [-0.39, 0.29) is 5.76 Å². The van der Waals surface area contributed by atoms with E-state index in [2.05, 4.69) is 21.2 Å². The standard InChI is InChI=1S/C11H12BrF3N2O3/c1-17(5-4-11(13,14)15)9(18)6-16-10(19)7-2-3-8(12)20-7/h2-3H,4-6H2,1H3,(H,16,19). The highest BCUT2D eigenvalue weighted by atomic mass is 79.9. The zero-order valence-corrected chi connectivity index (χ0v) is 12.0. The Morgan fingerprint density at radius 3 is 2.55 bits per heavy atom. The number of amides is 2. The number of hydrogen-bond acceptors (Lipinski definition) is 3. The van der Waals surface area contributed by atoms with Crippen molar-refractivity contribution in [3.05, 3.63) is 22.6 Å². The van der Waals surface area contributed by atoms with Crippen molar-refractivity contribution in [2.75, 3.05) is 20.1 Å². The topological polar surface area (TPSA) is 62.6 Å². The number of alkyl halides is 3. The molecule has 0 saturated carbocycles. The van der Waals surface area contributed by atoms with Gasteiger partial charge in [-0.05, 0) is 28.1 Å². The van der Waals surface area contributed by atoms with Crippen LogP contribution >= 0.6 is 15.9 Å². The number of nitrogens with one attached hydrogen (secondary N) is 1. The van der Waals surface area contributed by atoms with E-state index >= 15 is 0 Å². The van der Waals surface area contributed by atoms with Crippen molar-refractivity contribution in [3.63, 3.8) is 0 Å². The molecule has 0 bridgehead atoms. The summed E-state index contributed by atoms with van der Waals surface area (Å²) in [5, 5.41) is 2.26. The van der Waals surface area contributed by atoms with Gasteiger partial charge in [-0.25, -0.2) is 0 Å². The molecule has 0 aliphatic carbocycles. The summed E-state index contributed by atoms with van der Waals surface area (Å²) in [6.07, 6.45) is -5.41. The average Bonchev–Trinajstić information content (AvgIpc) is 2.78. The number of nitrogens with zero attached hydrogens (tertiary/aromatic N) is 1. The first-order chi connectivity index (χ1) is 9.19. The Labute approximate surface area is 121 Å². The summed E-state index contributed by atoms with van der Waals surface area (Å²) >= 11 is 3.01. The van der Waals surface area contributed by atoms with Gasteiger partial charge in [0.2, 0.25) is 5.91 Å². The smallest absolute Gasteiger partial charge is 0.390 e. The van der Waals surface area contributed by atoms with E-state index in [1.807, 2.05) is 0 Å². The molecule has 0 atom stereocenters. The van der Waals surface area contributed by atoms with E-state index in [1.165, 1.54) is 19.2 Å². The predicted octanol–water partition coefficient (Wildman–Crippen LogP) is 2.18. The number of likely N-dealkylation sites (N-methyl/N-ethyl adjacent to an activating group) is 1. The van der Waals surface area contributed by atoms with Crippen LogP contribution in [-0.2, 0) is 4.79 Å². The zero-order valence-electron chi connectivity index (χ0n) is 10.5. The second-order valence-corrected chi connectivity index (χ2v) is 4.75. The molecule has 1 rings (SSSR count). The number of carbonyl (C=O) groups is 2. The maximum absolute atomic E-state index is 12.0. The molecule has 0 aliphatic rings. The Balaban J connectivity index is 2.37. The molecule has 0 fully saturated rings. The van der Waals surface area contributed by atoms with Gasteiger partial charge in [-0.2, -0.15) is 13.2 Å². The van der Waals surface area contributed by atoms with Gasteiger partial charge in [0.1, 0.15) is 0 Å². The minimum atomic E-state index is -4.32. The molecule has 0 aliphatic heterocycles. The molecule has 0 radical (unpaired) electrons. The first-order valence-corrected chi connectivity index (χ1v) is 6.32. The minimum absolute atomic E-state index is 0.00243. The van der Waals surface area contributed by atoms with E-state index in [0.717, 1.165) is 4.90 Å². The van der Waals surface area contributed by atoms with Crippen LogP contribution in [0.25, 0.3) is 0 Å². The lowest BCUT2D eigenvalue weighted by molar-refractivity contribution is -0.143. The molecule has 112 valence electrons. The summed E-state index contributed by atoms with van der Waals surface area (Å²) in [6.45, 7) is -0.851. The van der Waals surface area contributed by atoms with Gasteiger partial charge in [0.05, 0.1) is 13.0 Å². The van der Waals surface area contributed by atoms with Crippen molar-refractivity contribution in [2.45, 2.75) is 12.6 Å². The Kier molecular flexibility index (Phi) is 5.61. The first-order valence-electron chi connectivity index (χ1n) is 5.53. The summed E-state index contributed by atoms with van der Waals surface area (Å²) in [6, 6.07) is 2.91. The molecule has 9 heteroatoms. The van der Waals surface area contributed by atoms with Crippen LogP contribution in [0.4, 0.5) is 13.2 Å². The fourth-order valence-electron chi connectivity index (χ4n) is 1.23. The third-order valence-electron chi connectivity index (χ3n) is 2.35. The number of hydrogen-bond donors (Lipinski definition) is 1. The van der Waals surface area contributed by atoms with E-state index in [0.29, 0.717) is 4.67 Å². The fourth-order valence-corrected chi connectivity index (χ4v) is 1.54. The molecule has 20 heavy (non-hydrogen) atoms. The normalized spacial score (nSPS) is 11.2. The largest absolute Gasteiger partial charge is 0.444 e. The minimum Gasteiger partial charge on any atom is -0.444 e. The second kappa shape index (κ2) is 6.78. The highest BCUT2D eigenvalue weighted by molar-refractivity contribution is 9.10. The summed E-state index contributed by atoms with van der Waals surface area (Å²) in [5.74, 6) is -1.23. The Morgan fingerprint density at radius 2 is 2.05 bits per heavy atom. The van der Waals surface area contributed by atoms with E-state index in [4.69, 9.17) is 4.42 Å². The molecule has 0 spiro atoms. The van der Waals surface area contributed by atoms with Crippen molar-refractivity contribution in [1.82, 2.24) is 10.2 Å². The summed E-state index contributed by atoms with van der Waals surface area (Å²) < 4.78 is 41.3. The molecule has 1 aromatic heterocycles. The monoisotopic (exact) mass is 356 g/mol. The lowest BCUT2D eigenvalue weighted by atomic mass is 10.3. The van der Waals surface area contributed by atoms with Crippen LogP contribution in [0.15, 0.2) is 21.2 Å². The molecule has 5 nitrogen and oxygen atoms in total. The van der Waals surface area contributed by atoms with E-state index in [1.54, 1.807) is 0 Å².